The Hall–Kier alpha value is -1.99. The third-order valence-corrected chi connectivity index (χ3v) is 3.58. The zero-order valence-corrected chi connectivity index (χ0v) is 12.7. The molecule has 0 radical (unpaired) electrons. The molecule has 0 aliphatic carbocycles. The van der Waals surface area contributed by atoms with Gasteiger partial charge in [0.25, 0.3) is 5.69 Å². The summed E-state index contributed by atoms with van der Waals surface area (Å²) in [5, 5.41) is 10.7. The summed E-state index contributed by atoms with van der Waals surface area (Å²) in [5.74, 6) is 0.640. The van der Waals surface area contributed by atoms with Crippen molar-refractivity contribution in [3.05, 3.63) is 62.4 Å². The fourth-order valence-electron chi connectivity index (χ4n) is 1.72. The number of nitrogens with two attached hydrogens (primary N) is 1. The molecule has 1 heterocycles. The number of nitro benzene ring substituents is 1. The van der Waals surface area contributed by atoms with E-state index < -0.39 is 4.92 Å². The van der Waals surface area contributed by atoms with Crippen molar-refractivity contribution in [3.63, 3.8) is 0 Å². The normalized spacial score (nSPS) is 10.4. The minimum atomic E-state index is -0.435. The number of aromatic nitrogens is 1. The van der Waals surface area contributed by atoms with E-state index in [-0.39, 0.29) is 5.69 Å². The molecule has 2 rings (SSSR count). The van der Waals surface area contributed by atoms with Crippen LogP contribution in [0.3, 0.4) is 0 Å². The third-order valence-electron chi connectivity index (χ3n) is 2.84. The van der Waals surface area contributed by atoms with Gasteiger partial charge in [0.2, 0.25) is 0 Å². The molecule has 1 aromatic heterocycles. The van der Waals surface area contributed by atoms with Crippen LogP contribution in [0.5, 0.6) is 5.75 Å². The molecule has 0 aliphatic heterocycles. The van der Waals surface area contributed by atoms with E-state index in [4.69, 9.17) is 10.5 Å². The topological polar surface area (TPSA) is 91.3 Å². The molecule has 1 aromatic carbocycles. The van der Waals surface area contributed by atoms with E-state index in [2.05, 4.69) is 20.9 Å². The highest BCUT2D eigenvalue weighted by Gasteiger charge is 2.09. The van der Waals surface area contributed by atoms with Crippen molar-refractivity contribution in [2.24, 2.45) is 5.73 Å². The molecule has 0 saturated heterocycles. The first-order valence-electron chi connectivity index (χ1n) is 6.31. The fourth-order valence-corrected chi connectivity index (χ4v) is 2.20. The molecular formula is C14H14BrN3O3. The Morgan fingerprint density at radius 2 is 2.14 bits per heavy atom. The number of rotatable bonds is 6. The smallest absolute Gasteiger partial charge is 0.270 e. The summed E-state index contributed by atoms with van der Waals surface area (Å²) in [6.07, 6.45) is 2.37. The Morgan fingerprint density at radius 3 is 2.71 bits per heavy atom. The zero-order valence-electron chi connectivity index (χ0n) is 11.2. The number of hydrogen-bond acceptors (Lipinski definition) is 5. The minimum absolute atomic E-state index is 0.0402. The van der Waals surface area contributed by atoms with Crippen molar-refractivity contribution < 1.29 is 9.66 Å². The first kappa shape index (κ1) is 15.4. The number of pyridine rings is 1. The van der Waals surface area contributed by atoms with Crippen LogP contribution < -0.4 is 10.5 Å². The average Bonchev–Trinajstić information content (AvgIpc) is 2.47. The summed E-state index contributed by atoms with van der Waals surface area (Å²) in [5.41, 5.74) is 7.24. The van der Waals surface area contributed by atoms with Gasteiger partial charge in [0.15, 0.2) is 0 Å². The van der Waals surface area contributed by atoms with E-state index >= 15 is 0 Å². The lowest BCUT2D eigenvalue weighted by Gasteiger charge is -2.08. The van der Waals surface area contributed by atoms with Crippen molar-refractivity contribution in [1.29, 1.82) is 0 Å². The van der Waals surface area contributed by atoms with Crippen LogP contribution in [-0.4, -0.2) is 16.5 Å². The number of non-ortho nitro benzene ring substituents is 1. The number of nitro groups is 1. The standard InChI is InChI=1S/C14H14BrN3O3/c15-14-7-12(18(19)20)3-1-10(14)9-21-13-4-2-11(5-6-16)17-8-13/h1-4,7-8H,5-6,9,16H2. The summed E-state index contributed by atoms with van der Waals surface area (Å²) < 4.78 is 6.26. The van der Waals surface area contributed by atoms with Gasteiger partial charge in [-0.05, 0) is 24.7 Å². The Bertz CT molecular complexity index is 632. The van der Waals surface area contributed by atoms with E-state index in [0.717, 1.165) is 17.7 Å². The summed E-state index contributed by atoms with van der Waals surface area (Å²) >= 11 is 3.31. The van der Waals surface area contributed by atoms with Gasteiger partial charge in [-0.2, -0.15) is 0 Å². The zero-order chi connectivity index (χ0) is 15.2. The minimum Gasteiger partial charge on any atom is -0.487 e. The summed E-state index contributed by atoms with van der Waals surface area (Å²) in [6.45, 7) is 0.861. The molecule has 0 aliphatic rings. The maximum Gasteiger partial charge on any atom is 0.270 e. The van der Waals surface area contributed by atoms with E-state index in [1.807, 2.05) is 12.1 Å². The average molecular weight is 352 g/mol. The first-order chi connectivity index (χ1) is 10.1. The lowest BCUT2D eigenvalue weighted by atomic mass is 10.2. The number of benzene rings is 1. The number of halogens is 1. The van der Waals surface area contributed by atoms with Gasteiger partial charge in [-0.3, -0.25) is 15.1 Å². The molecule has 0 fully saturated rings. The Morgan fingerprint density at radius 1 is 1.33 bits per heavy atom. The number of nitrogens with zero attached hydrogens (tertiary/aromatic N) is 2. The second-order valence-corrected chi connectivity index (χ2v) is 5.20. The van der Waals surface area contributed by atoms with E-state index in [1.54, 1.807) is 12.3 Å². The van der Waals surface area contributed by atoms with Crippen LogP contribution in [-0.2, 0) is 13.0 Å². The second-order valence-electron chi connectivity index (χ2n) is 4.35. The highest BCUT2D eigenvalue weighted by Crippen LogP contribution is 2.24. The molecule has 7 heteroatoms. The summed E-state index contributed by atoms with van der Waals surface area (Å²) in [7, 11) is 0. The van der Waals surface area contributed by atoms with Gasteiger partial charge < -0.3 is 10.5 Å². The lowest BCUT2D eigenvalue weighted by molar-refractivity contribution is -0.384. The molecule has 0 amide bonds. The highest BCUT2D eigenvalue weighted by molar-refractivity contribution is 9.10. The molecular weight excluding hydrogens is 338 g/mol. The fraction of sp³-hybridized carbons (Fsp3) is 0.214. The van der Waals surface area contributed by atoms with Crippen LogP contribution >= 0.6 is 15.9 Å². The van der Waals surface area contributed by atoms with E-state index in [0.29, 0.717) is 23.4 Å². The molecule has 110 valence electrons. The van der Waals surface area contributed by atoms with E-state index in [1.165, 1.54) is 12.1 Å². The quantitative estimate of drug-likeness (QED) is 0.638. The van der Waals surface area contributed by atoms with Crippen LogP contribution in [0.2, 0.25) is 0 Å². The SMILES string of the molecule is NCCc1ccc(OCc2ccc([N+](=O)[O-])cc2Br)cn1. The monoisotopic (exact) mass is 351 g/mol. The highest BCUT2D eigenvalue weighted by atomic mass is 79.9. The maximum absolute atomic E-state index is 10.7. The van der Waals surface area contributed by atoms with E-state index in [9.17, 15) is 10.1 Å². The predicted octanol–water partition coefficient (Wildman–Crippen LogP) is 2.83. The number of hydrogen-bond donors (Lipinski definition) is 1. The molecule has 0 unspecified atom stereocenters. The van der Waals surface area contributed by atoms with Gasteiger partial charge in [0.1, 0.15) is 12.4 Å². The van der Waals surface area contributed by atoms with Crippen LogP contribution in [0.1, 0.15) is 11.3 Å². The van der Waals surface area contributed by atoms with Crippen LogP contribution in [0.25, 0.3) is 0 Å². The van der Waals surface area contributed by atoms with Gasteiger partial charge in [0.05, 0.1) is 11.1 Å². The van der Waals surface area contributed by atoms with Crippen LogP contribution in [0.4, 0.5) is 5.69 Å². The predicted molar refractivity (Wildman–Crippen MR) is 82.1 cm³/mol. The first-order valence-corrected chi connectivity index (χ1v) is 7.10. The Balaban J connectivity index is 2.01. The lowest BCUT2D eigenvalue weighted by Crippen LogP contribution is -2.04. The summed E-state index contributed by atoms with van der Waals surface area (Å²) in [6, 6.07) is 8.27. The Labute approximate surface area is 130 Å². The van der Waals surface area contributed by atoms with Gasteiger partial charge in [0, 0.05) is 34.3 Å². The van der Waals surface area contributed by atoms with Crippen molar-refractivity contribution in [3.8, 4) is 5.75 Å². The molecule has 0 atom stereocenters. The third kappa shape index (κ3) is 4.24. The largest absolute Gasteiger partial charge is 0.487 e. The van der Waals surface area contributed by atoms with Crippen LogP contribution in [0, 0.1) is 10.1 Å². The summed E-state index contributed by atoms with van der Waals surface area (Å²) in [4.78, 5) is 14.5. The van der Waals surface area contributed by atoms with Gasteiger partial charge >= 0.3 is 0 Å². The molecule has 0 bridgehead atoms. The van der Waals surface area contributed by atoms with Crippen molar-refractivity contribution >= 4 is 21.6 Å². The molecule has 0 spiro atoms. The Kier molecular flexibility index (Phi) is 5.24. The number of ether oxygens (including phenoxy) is 1. The van der Waals surface area contributed by atoms with Gasteiger partial charge in [-0.1, -0.05) is 15.9 Å². The van der Waals surface area contributed by atoms with Crippen molar-refractivity contribution in [2.75, 3.05) is 6.54 Å². The van der Waals surface area contributed by atoms with Crippen molar-refractivity contribution in [2.45, 2.75) is 13.0 Å². The van der Waals surface area contributed by atoms with Crippen LogP contribution in [0.15, 0.2) is 41.0 Å². The molecule has 21 heavy (non-hydrogen) atoms. The van der Waals surface area contributed by atoms with Gasteiger partial charge in [-0.25, -0.2) is 0 Å². The maximum atomic E-state index is 10.7. The second kappa shape index (κ2) is 7.14. The molecule has 6 nitrogen and oxygen atoms in total. The van der Waals surface area contributed by atoms with Crippen molar-refractivity contribution in [1.82, 2.24) is 4.98 Å². The molecule has 2 N–H and O–H groups in total. The molecule has 2 aromatic rings. The van der Waals surface area contributed by atoms with Gasteiger partial charge in [-0.15, -0.1) is 0 Å². The molecule has 0 saturated carbocycles.